The summed E-state index contributed by atoms with van der Waals surface area (Å²) in [6.07, 6.45) is 0. The number of benzene rings is 3. The summed E-state index contributed by atoms with van der Waals surface area (Å²) in [5, 5.41) is 9.26. The molecule has 0 bridgehead atoms. The number of anilines is 1. The summed E-state index contributed by atoms with van der Waals surface area (Å²) in [5.74, 6) is -1.05. The van der Waals surface area contributed by atoms with Gasteiger partial charge >= 0.3 is 5.97 Å². The highest BCUT2D eigenvalue weighted by atomic mass is 16.5. The highest BCUT2D eigenvalue weighted by Crippen LogP contribution is 2.34. The molecule has 6 heteroatoms. The molecular weight excluding hydrogens is 382 g/mol. The van der Waals surface area contributed by atoms with Crippen molar-refractivity contribution in [2.45, 2.75) is 20.8 Å². The molecular formula is C24H19NO5. The van der Waals surface area contributed by atoms with Crippen LogP contribution in [-0.2, 0) is 0 Å². The van der Waals surface area contributed by atoms with Crippen molar-refractivity contribution in [1.29, 1.82) is 0 Å². The second-order valence-electron chi connectivity index (χ2n) is 7.31. The number of fused-ring (bicyclic) bond motifs is 1. The van der Waals surface area contributed by atoms with E-state index in [0.29, 0.717) is 17.1 Å². The number of imide groups is 1. The van der Waals surface area contributed by atoms with Crippen molar-refractivity contribution in [2.24, 2.45) is 0 Å². The molecule has 4 rings (SSSR count). The summed E-state index contributed by atoms with van der Waals surface area (Å²) in [7, 11) is 0. The summed E-state index contributed by atoms with van der Waals surface area (Å²) in [5.41, 5.74) is 3.60. The van der Waals surface area contributed by atoms with E-state index in [2.05, 4.69) is 0 Å². The molecule has 1 heterocycles. The van der Waals surface area contributed by atoms with Crippen LogP contribution in [-0.4, -0.2) is 22.9 Å². The SMILES string of the molecule is Cc1ccc(Oc2ccc3c(c2)C(=O)N(c2cc(C(=O)O)ccc2C)C3=O)cc1C. The van der Waals surface area contributed by atoms with E-state index >= 15 is 0 Å². The smallest absolute Gasteiger partial charge is 0.335 e. The van der Waals surface area contributed by atoms with Crippen molar-refractivity contribution in [2.75, 3.05) is 4.90 Å². The van der Waals surface area contributed by atoms with Crippen molar-refractivity contribution >= 4 is 23.5 Å². The number of hydrogen-bond acceptors (Lipinski definition) is 4. The summed E-state index contributed by atoms with van der Waals surface area (Å²) in [4.78, 5) is 38.3. The Bertz CT molecular complexity index is 1230. The van der Waals surface area contributed by atoms with E-state index in [1.807, 2.05) is 32.0 Å². The molecule has 3 aromatic carbocycles. The number of carbonyl (C=O) groups excluding carboxylic acids is 2. The van der Waals surface area contributed by atoms with Crippen LogP contribution in [0, 0.1) is 20.8 Å². The van der Waals surface area contributed by atoms with Crippen molar-refractivity contribution in [3.63, 3.8) is 0 Å². The highest BCUT2D eigenvalue weighted by molar-refractivity contribution is 6.34. The van der Waals surface area contributed by atoms with E-state index in [1.165, 1.54) is 12.1 Å². The lowest BCUT2D eigenvalue weighted by Gasteiger charge is -2.17. The van der Waals surface area contributed by atoms with Crippen molar-refractivity contribution in [1.82, 2.24) is 0 Å². The normalized spacial score (nSPS) is 12.8. The van der Waals surface area contributed by atoms with Gasteiger partial charge in [-0.1, -0.05) is 12.1 Å². The number of ether oxygens (including phenoxy) is 1. The number of aryl methyl sites for hydroxylation is 3. The van der Waals surface area contributed by atoms with E-state index in [4.69, 9.17) is 4.74 Å². The molecule has 0 aromatic heterocycles. The zero-order valence-corrected chi connectivity index (χ0v) is 16.7. The molecule has 2 amide bonds. The van der Waals surface area contributed by atoms with Gasteiger partial charge in [0.1, 0.15) is 11.5 Å². The van der Waals surface area contributed by atoms with Crippen LogP contribution in [0.1, 0.15) is 47.8 Å². The zero-order chi connectivity index (χ0) is 21.6. The van der Waals surface area contributed by atoms with Gasteiger partial charge in [-0.2, -0.15) is 0 Å². The number of carbonyl (C=O) groups is 3. The second-order valence-corrected chi connectivity index (χ2v) is 7.31. The van der Waals surface area contributed by atoms with E-state index in [9.17, 15) is 19.5 Å². The van der Waals surface area contributed by atoms with Crippen LogP contribution >= 0.6 is 0 Å². The molecule has 1 N–H and O–H groups in total. The van der Waals surface area contributed by atoms with Crippen LogP contribution in [0.15, 0.2) is 54.6 Å². The van der Waals surface area contributed by atoms with Crippen LogP contribution in [0.2, 0.25) is 0 Å². The molecule has 0 unspecified atom stereocenters. The molecule has 1 aliphatic heterocycles. The Morgan fingerprint density at radius 3 is 2.10 bits per heavy atom. The van der Waals surface area contributed by atoms with Crippen LogP contribution in [0.4, 0.5) is 5.69 Å². The maximum Gasteiger partial charge on any atom is 0.335 e. The van der Waals surface area contributed by atoms with Crippen LogP contribution in [0.25, 0.3) is 0 Å². The molecule has 0 fully saturated rings. The minimum Gasteiger partial charge on any atom is -0.478 e. The Kier molecular flexibility index (Phi) is 4.62. The van der Waals surface area contributed by atoms with Crippen LogP contribution in [0.5, 0.6) is 11.5 Å². The van der Waals surface area contributed by atoms with Crippen molar-refractivity contribution in [3.05, 3.63) is 88.0 Å². The average molecular weight is 401 g/mol. The fourth-order valence-corrected chi connectivity index (χ4v) is 3.40. The lowest BCUT2D eigenvalue weighted by molar-refractivity contribution is 0.0695. The first kappa shape index (κ1) is 19.4. The molecule has 0 saturated carbocycles. The first-order chi connectivity index (χ1) is 14.3. The third-order valence-electron chi connectivity index (χ3n) is 5.27. The number of nitrogens with zero attached hydrogens (tertiary/aromatic N) is 1. The molecule has 0 atom stereocenters. The van der Waals surface area contributed by atoms with Crippen molar-refractivity contribution in [3.8, 4) is 11.5 Å². The molecule has 1 aliphatic rings. The van der Waals surface area contributed by atoms with E-state index < -0.39 is 17.8 Å². The van der Waals surface area contributed by atoms with Gasteiger partial charge in [-0.3, -0.25) is 9.59 Å². The van der Waals surface area contributed by atoms with Gasteiger partial charge in [0.05, 0.1) is 22.4 Å². The maximum atomic E-state index is 13.0. The first-order valence-electron chi connectivity index (χ1n) is 9.38. The summed E-state index contributed by atoms with van der Waals surface area (Å²) < 4.78 is 5.88. The molecule has 0 saturated heterocycles. The van der Waals surface area contributed by atoms with E-state index in [-0.39, 0.29) is 22.4 Å². The molecule has 6 nitrogen and oxygen atoms in total. The van der Waals surface area contributed by atoms with Gasteiger partial charge in [0.15, 0.2) is 0 Å². The maximum absolute atomic E-state index is 13.0. The zero-order valence-electron chi connectivity index (χ0n) is 16.7. The molecule has 150 valence electrons. The lowest BCUT2D eigenvalue weighted by atomic mass is 10.1. The monoisotopic (exact) mass is 401 g/mol. The van der Waals surface area contributed by atoms with Gasteiger partial charge in [0.2, 0.25) is 0 Å². The number of hydrogen-bond donors (Lipinski definition) is 1. The largest absolute Gasteiger partial charge is 0.478 e. The van der Waals surface area contributed by atoms with E-state index in [1.54, 1.807) is 31.2 Å². The topological polar surface area (TPSA) is 83.9 Å². The summed E-state index contributed by atoms with van der Waals surface area (Å²) in [6.45, 7) is 5.71. The second kappa shape index (κ2) is 7.15. The summed E-state index contributed by atoms with van der Waals surface area (Å²) in [6, 6.07) is 14.8. The Morgan fingerprint density at radius 1 is 0.767 bits per heavy atom. The predicted molar refractivity (Wildman–Crippen MR) is 112 cm³/mol. The number of carboxylic acids is 1. The first-order valence-corrected chi connectivity index (χ1v) is 9.38. The Morgan fingerprint density at radius 2 is 1.40 bits per heavy atom. The van der Waals surface area contributed by atoms with Gasteiger partial charge in [0, 0.05) is 0 Å². The fourth-order valence-electron chi connectivity index (χ4n) is 3.40. The van der Waals surface area contributed by atoms with Gasteiger partial charge < -0.3 is 9.84 Å². The molecule has 0 spiro atoms. The Labute approximate surface area is 173 Å². The number of amides is 2. The van der Waals surface area contributed by atoms with Gasteiger partial charge in [0.25, 0.3) is 11.8 Å². The predicted octanol–water partition coefficient (Wildman–Crippen LogP) is 4.90. The Balaban J connectivity index is 1.69. The third-order valence-corrected chi connectivity index (χ3v) is 5.27. The number of aromatic carboxylic acids is 1. The molecule has 30 heavy (non-hydrogen) atoms. The number of carboxylic acid groups (broad SMARTS) is 1. The molecule has 3 aromatic rings. The van der Waals surface area contributed by atoms with E-state index in [0.717, 1.165) is 16.0 Å². The average Bonchev–Trinajstić information content (AvgIpc) is 2.95. The number of rotatable bonds is 4. The van der Waals surface area contributed by atoms with Gasteiger partial charge in [-0.25, -0.2) is 9.69 Å². The van der Waals surface area contributed by atoms with Gasteiger partial charge in [-0.15, -0.1) is 0 Å². The van der Waals surface area contributed by atoms with Crippen LogP contribution < -0.4 is 9.64 Å². The standard InChI is InChI=1S/C24H19NO5/c1-13-5-7-17(10-15(13)3)30-18-8-9-19-20(12-18)23(27)25(22(19)26)21-11-16(24(28)29)6-4-14(21)2/h4-12H,1-3H3,(H,28,29). The minimum atomic E-state index is -1.13. The van der Waals surface area contributed by atoms with Gasteiger partial charge in [-0.05, 0) is 79.9 Å². The highest BCUT2D eigenvalue weighted by Gasteiger charge is 2.38. The van der Waals surface area contributed by atoms with Crippen molar-refractivity contribution < 1.29 is 24.2 Å². The Hall–Kier alpha value is -3.93. The minimum absolute atomic E-state index is 0.00548. The van der Waals surface area contributed by atoms with Crippen LogP contribution in [0.3, 0.4) is 0 Å². The third kappa shape index (κ3) is 3.22. The summed E-state index contributed by atoms with van der Waals surface area (Å²) >= 11 is 0. The molecule has 0 radical (unpaired) electrons. The molecule has 0 aliphatic carbocycles. The quantitative estimate of drug-likeness (QED) is 0.629. The fraction of sp³-hybridized carbons (Fsp3) is 0.125. The lowest BCUT2D eigenvalue weighted by Crippen LogP contribution is -2.30.